The minimum absolute atomic E-state index is 0.0630. The normalized spacial score (nSPS) is 10.1. The summed E-state index contributed by atoms with van der Waals surface area (Å²) in [6.45, 7) is 1.75. The number of aromatic hydroxyl groups is 1. The standard InChI is InChI=1S/C14H12N2O4/c1-9-2-5-11(16(19)20)8-13(9)15-14(18)10-3-6-12(17)7-4-10/h2-8,17H,1H3,(H,15,18). The van der Waals surface area contributed by atoms with Crippen molar-refractivity contribution in [2.45, 2.75) is 6.92 Å². The lowest BCUT2D eigenvalue weighted by atomic mass is 10.1. The fraction of sp³-hybridized carbons (Fsp3) is 0.0714. The van der Waals surface area contributed by atoms with Crippen LogP contribution in [-0.2, 0) is 0 Å². The zero-order valence-electron chi connectivity index (χ0n) is 10.7. The SMILES string of the molecule is Cc1ccc([N+](=O)[O-])cc1NC(=O)c1ccc(O)cc1. The largest absolute Gasteiger partial charge is 0.508 e. The number of anilines is 1. The monoisotopic (exact) mass is 272 g/mol. The number of nitro groups is 1. The summed E-state index contributed by atoms with van der Waals surface area (Å²) in [5.74, 6) is -0.332. The van der Waals surface area contributed by atoms with Crippen LogP contribution in [0.4, 0.5) is 11.4 Å². The second kappa shape index (κ2) is 5.40. The molecule has 20 heavy (non-hydrogen) atoms. The first-order valence-corrected chi connectivity index (χ1v) is 5.83. The van der Waals surface area contributed by atoms with E-state index in [2.05, 4.69) is 5.32 Å². The summed E-state index contributed by atoms with van der Waals surface area (Å²) in [6, 6.07) is 10.0. The first kappa shape index (κ1) is 13.5. The molecule has 0 fully saturated rings. The van der Waals surface area contributed by atoms with Crippen LogP contribution in [0.3, 0.4) is 0 Å². The smallest absolute Gasteiger partial charge is 0.271 e. The van der Waals surface area contributed by atoms with Gasteiger partial charge in [0, 0.05) is 17.7 Å². The van der Waals surface area contributed by atoms with Crippen molar-refractivity contribution < 1.29 is 14.8 Å². The summed E-state index contributed by atoms with van der Waals surface area (Å²) in [6.07, 6.45) is 0. The van der Waals surface area contributed by atoms with Crippen molar-refractivity contribution >= 4 is 17.3 Å². The van der Waals surface area contributed by atoms with Gasteiger partial charge >= 0.3 is 0 Å². The first-order valence-electron chi connectivity index (χ1n) is 5.83. The van der Waals surface area contributed by atoms with E-state index in [4.69, 9.17) is 5.11 Å². The maximum Gasteiger partial charge on any atom is 0.271 e. The van der Waals surface area contributed by atoms with Crippen LogP contribution in [-0.4, -0.2) is 15.9 Å². The van der Waals surface area contributed by atoms with Crippen LogP contribution < -0.4 is 5.32 Å². The molecule has 0 unspecified atom stereocenters. The maximum absolute atomic E-state index is 12.0. The van der Waals surface area contributed by atoms with E-state index in [0.717, 1.165) is 5.56 Å². The van der Waals surface area contributed by atoms with Gasteiger partial charge in [-0.2, -0.15) is 0 Å². The lowest BCUT2D eigenvalue weighted by Crippen LogP contribution is -2.12. The fourth-order valence-electron chi connectivity index (χ4n) is 1.67. The Morgan fingerprint density at radius 1 is 1.20 bits per heavy atom. The molecular weight excluding hydrogens is 260 g/mol. The number of non-ortho nitro benzene ring substituents is 1. The molecule has 0 aliphatic carbocycles. The molecular formula is C14H12N2O4. The van der Waals surface area contributed by atoms with E-state index in [1.807, 2.05) is 0 Å². The zero-order valence-corrected chi connectivity index (χ0v) is 10.7. The Morgan fingerprint density at radius 2 is 1.85 bits per heavy atom. The van der Waals surface area contributed by atoms with Crippen molar-refractivity contribution in [3.63, 3.8) is 0 Å². The number of hydrogen-bond acceptors (Lipinski definition) is 4. The lowest BCUT2D eigenvalue weighted by molar-refractivity contribution is -0.384. The van der Waals surface area contributed by atoms with Gasteiger partial charge in [0.1, 0.15) is 5.75 Å². The number of nitrogens with one attached hydrogen (secondary N) is 1. The molecule has 0 spiro atoms. The number of carbonyl (C=O) groups is 1. The number of phenolic OH excluding ortho intramolecular Hbond substituents is 1. The predicted octanol–water partition coefficient (Wildman–Crippen LogP) is 2.86. The van der Waals surface area contributed by atoms with Crippen molar-refractivity contribution in [3.8, 4) is 5.75 Å². The van der Waals surface area contributed by atoms with E-state index < -0.39 is 10.8 Å². The van der Waals surface area contributed by atoms with Crippen molar-refractivity contribution in [2.24, 2.45) is 0 Å². The van der Waals surface area contributed by atoms with Crippen LogP contribution in [0.15, 0.2) is 42.5 Å². The molecule has 0 radical (unpaired) electrons. The number of nitro benzene ring substituents is 1. The van der Waals surface area contributed by atoms with Gasteiger partial charge < -0.3 is 10.4 Å². The van der Waals surface area contributed by atoms with Gasteiger partial charge in [0.25, 0.3) is 11.6 Å². The Bertz CT molecular complexity index is 665. The topological polar surface area (TPSA) is 92.5 Å². The molecule has 2 aromatic carbocycles. The summed E-state index contributed by atoms with van der Waals surface area (Å²) in [7, 11) is 0. The minimum atomic E-state index is -0.518. The van der Waals surface area contributed by atoms with E-state index in [-0.39, 0.29) is 11.4 Å². The molecule has 2 aromatic rings. The molecule has 0 aliphatic rings. The summed E-state index contributed by atoms with van der Waals surface area (Å²) >= 11 is 0. The Balaban J connectivity index is 2.25. The number of aryl methyl sites for hydroxylation is 1. The van der Waals surface area contributed by atoms with Crippen LogP contribution in [0.2, 0.25) is 0 Å². The second-order valence-electron chi connectivity index (χ2n) is 4.26. The molecule has 0 saturated heterocycles. The summed E-state index contributed by atoms with van der Waals surface area (Å²) in [4.78, 5) is 22.2. The number of nitrogens with zero attached hydrogens (tertiary/aromatic N) is 1. The van der Waals surface area contributed by atoms with Crippen LogP contribution in [0, 0.1) is 17.0 Å². The zero-order chi connectivity index (χ0) is 14.7. The van der Waals surface area contributed by atoms with Gasteiger partial charge in [0.15, 0.2) is 0 Å². The highest BCUT2D eigenvalue weighted by Gasteiger charge is 2.12. The highest BCUT2D eigenvalue weighted by atomic mass is 16.6. The second-order valence-corrected chi connectivity index (χ2v) is 4.26. The number of phenols is 1. The van der Waals surface area contributed by atoms with Crippen LogP contribution in [0.25, 0.3) is 0 Å². The molecule has 6 nitrogen and oxygen atoms in total. The third kappa shape index (κ3) is 2.92. The average molecular weight is 272 g/mol. The van der Waals surface area contributed by atoms with E-state index in [0.29, 0.717) is 11.3 Å². The summed E-state index contributed by atoms with van der Waals surface area (Å²) in [5.41, 5.74) is 1.38. The number of hydrogen-bond donors (Lipinski definition) is 2. The highest BCUT2D eigenvalue weighted by molar-refractivity contribution is 6.04. The molecule has 2 N–H and O–H groups in total. The van der Waals surface area contributed by atoms with Gasteiger partial charge in [-0.3, -0.25) is 14.9 Å². The highest BCUT2D eigenvalue weighted by Crippen LogP contribution is 2.22. The Hall–Kier alpha value is -2.89. The minimum Gasteiger partial charge on any atom is -0.508 e. The van der Waals surface area contributed by atoms with Crippen molar-refractivity contribution in [1.29, 1.82) is 0 Å². The van der Waals surface area contributed by atoms with Gasteiger partial charge in [-0.1, -0.05) is 6.07 Å². The first-order chi connectivity index (χ1) is 9.47. The quantitative estimate of drug-likeness (QED) is 0.663. The molecule has 0 aromatic heterocycles. The Kier molecular flexibility index (Phi) is 3.65. The molecule has 1 amide bonds. The maximum atomic E-state index is 12.0. The predicted molar refractivity (Wildman–Crippen MR) is 73.9 cm³/mol. The van der Waals surface area contributed by atoms with Gasteiger partial charge in [0.05, 0.1) is 10.6 Å². The lowest BCUT2D eigenvalue weighted by Gasteiger charge is -2.08. The van der Waals surface area contributed by atoms with Crippen molar-refractivity contribution in [2.75, 3.05) is 5.32 Å². The van der Waals surface area contributed by atoms with Crippen molar-refractivity contribution in [3.05, 3.63) is 63.7 Å². The van der Waals surface area contributed by atoms with E-state index in [1.165, 1.54) is 36.4 Å². The Labute approximate surface area is 114 Å². The van der Waals surface area contributed by atoms with Crippen LogP contribution >= 0.6 is 0 Å². The third-order valence-corrected chi connectivity index (χ3v) is 2.81. The van der Waals surface area contributed by atoms with Gasteiger partial charge in [0.2, 0.25) is 0 Å². The molecule has 0 heterocycles. The molecule has 0 atom stereocenters. The molecule has 6 heteroatoms. The number of benzene rings is 2. The van der Waals surface area contributed by atoms with E-state index in [1.54, 1.807) is 13.0 Å². The van der Waals surface area contributed by atoms with Gasteiger partial charge in [-0.15, -0.1) is 0 Å². The fourth-order valence-corrected chi connectivity index (χ4v) is 1.67. The number of carbonyl (C=O) groups excluding carboxylic acids is 1. The van der Waals surface area contributed by atoms with Crippen LogP contribution in [0.1, 0.15) is 15.9 Å². The summed E-state index contributed by atoms with van der Waals surface area (Å²) in [5, 5.41) is 22.5. The Morgan fingerprint density at radius 3 is 2.45 bits per heavy atom. The molecule has 0 bridgehead atoms. The molecule has 0 saturated carbocycles. The van der Waals surface area contributed by atoms with Crippen molar-refractivity contribution in [1.82, 2.24) is 0 Å². The average Bonchev–Trinajstić information content (AvgIpc) is 2.41. The summed E-state index contributed by atoms with van der Waals surface area (Å²) < 4.78 is 0. The van der Waals surface area contributed by atoms with E-state index >= 15 is 0 Å². The third-order valence-electron chi connectivity index (χ3n) is 2.81. The molecule has 102 valence electrons. The van der Waals surface area contributed by atoms with E-state index in [9.17, 15) is 14.9 Å². The number of rotatable bonds is 3. The van der Waals surface area contributed by atoms with Gasteiger partial charge in [-0.05, 0) is 36.8 Å². The van der Waals surface area contributed by atoms with Crippen LogP contribution in [0.5, 0.6) is 5.75 Å². The number of amides is 1. The van der Waals surface area contributed by atoms with Gasteiger partial charge in [-0.25, -0.2) is 0 Å². The molecule has 0 aliphatic heterocycles. The molecule has 2 rings (SSSR count).